The molecule has 0 radical (unpaired) electrons. The smallest absolute Gasteiger partial charge is 0.221 e. The van der Waals surface area contributed by atoms with Crippen molar-refractivity contribution in [3.63, 3.8) is 0 Å². The zero-order chi connectivity index (χ0) is 16.8. The lowest BCUT2D eigenvalue weighted by molar-refractivity contribution is -0.122. The molecule has 0 aliphatic rings. The minimum atomic E-state index is -0.145. The Morgan fingerprint density at radius 1 is 1.23 bits per heavy atom. The molecule has 2 N–H and O–H groups in total. The van der Waals surface area contributed by atoms with Crippen molar-refractivity contribution in [3.8, 4) is 5.75 Å². The van der Waals surface area contributed by atoms with E-state index in [-0.39, 0.29) is 17.2 Å². The van der Waals surface area contributed by atoms with E-state index >= 15 is 0 Å². The van der Waals surface area contributed by atoms with Gasteiger partial charge in [-0.05, 0) is 29.5 Å². The summed E-state index contributed by atoms with van der Waals surface area (Å²) >= 11 is 0. The number of amides is 2. The molecule has 0 heterocycles. The van der Waals surface area contributed by atoms with Gasteiger partial charge < -0.3 is 15.4 Å². The maximum Gasteiger partial charge on any atom is 0.221 e. The van der Waals surface area contributed by atoms with Crippen LogP contribution in [0.5, 0.6) is 5.75 Å². The molecule has 0 saturated heterocycles. The van der Waals surface area contributed by atoms with E-state index in [9.17, 15) is 9.59 Å². The average molecular weight is 306 g/mol. The maximum absolute atomic E-state index is 11.8. The number of benzene rings is 1. The molecule has 0 aliphatic heterocycles. The Labute approximate surface area is 132 Å². The van der Waals surface area contributed by atoms with Crippen molar-refractivity contribution < 1.29 is 14.3 Å². The van der Waals surface area contributed by atoms with E-state index < -0.39 is 0 Å². The fourth-order valence-electron chi connectivity index (χ4n) is 2.09. The van der Waals surface area contributed by atoms with Crippen molar-refractivity contribution in [1.82, 2.24) is 5.32 Å². The second-order valence-electron chi connectivity index (χ2n) is 6.55. The molecule has 5 nitrogen and oxygen atoms in total. The highest BCUT2D eigenvalue weighted by molar-refractivity contribution is 5.90. The molecule has 0 saturated carbocycles. The van der Waals surface area contributed by atoms with E-state index in [1.54, 1.807) is 7.11 Å². The Kier molecular flexibility index (Phi) is 6.40. The van der Waals surface area contributed by atoms with Crippen molar-refractivity contribution in [2.45, 2.75) is 40.5 Å². The summed E-state index contributed by atoms with van der Waals surface area (Å²) in [7, 11) is 1.56. The lowest BCUT2D eigenvalue weighted by Gasteiger charge is -2.17. The number of hydrogen-bond acceptors (Lipinski definition) is 3. The SMILES string of the molecule is COc1ccc(CCNC(=O)CC(C)(C)C)cc1NC(C)=O. The summed E-state index contributed by atoms with van der Waals surface area (Å²) < 4.78 is 5.21. The Hall–Kier alpha value is -2.04. The number of carbonyl (C=O) groups excluding carboxylic acids is 2. The molecule has 0 bridgehead atoms. The van der Waals surface area contributed by atoms with Crippen molar-refractivity contribution in [2.75, 3.05) is 19.0 Å². The summed E-state index contributed by atoms with van der Waals surface area (Å²) in [6.45, 7) is 8.14. The molecule has 0 fully saturated rings. The van der Waals surface area contributed by atoms with Crippen LogP contribution in [0.4, 0.5) is 5.69 Å². The van der Waals surface area contributed by atoms with Crippen molar-refractivity contribution in [3.05, 3.63) is 23.8 Å². The number of carbonyl (C=O) groups is 2. The van der Waals surface area contributed by atoms with Crippen LogP contribution in [0.1, 0.15) is 39.7 Å². The molecule has 0 aromatic heterocycles. The lowest BCUT2D eigenvalue weighted by Crippen LogP contribution is -2.29. The van der Waals surface area contributed by atoms with Crippen molar-refractivity contribution >= 4 is 17.5 Å². The molecule has 5 heteroatoms. The highest BCUT2D eigenvalue weighted by Crippen LogP contribution is 2.25. The van der Waals surface area contributed by atoms with Gasteiger partial charge in [0.25, 0.3) is 0 Å². The van der Waals surface area contributed by atoms with Crippen LogP contribution in [0, 0.1) is 5.41 Å². The van der Waals surface area contributed by atoms with Gasteiger partial charge in [-0.2, -0.15) is 0 Å². The van der Waals surface area contributed by atoms with E-state index in [4.69, 9.17) is 4.74 Å². The fourth-order valence-corrected chi connectivity index (χ4v) is 2.09. The van der Waals surface area contributed by atoms with Crippen LogP contribution in [0.15, 0.2) is 18.2 Å². The number of ether oxygens (including phenoxy) is 1. The van der Waals surface area contributed by atoms with E-state index in [1.807, 2.05) is 39.0 Å². The quantitative estimate of drug-likeness (QED) is 0.849. The average Bonchev–Trinajstić information content (AvgIpc) is 2.36. The van der Waals surface area contributed by atoms with Gasteiger partial charge in [0, 0.05) is 19.9 Å². The Bertz CT molecular complexity index is 533. The highest BCUT2D eigenvalue weighted by Gasteiger charge is 2.15. The molecular formula is C17H26N2O3. The van der Waals surface area contributed by atoms with Crippen molar-refractivity contribution in [2.24, 2.45) is 5.41 Å². The Morgan fingerprint density at radius 2 is 1.91 bits per heavy atom. The molecular weight excluding hydrogens is 280 g/mol. The number of hydrogen-bond donors (Lipinski definition) is 2. The van der Waals surface area contributed by atoms with Crippen LogP contribution in [0.2, 0.25) is 0 Å². The molecule has 1 aromatic rings. The normalized spacial score (nSPS) is 11.0. The van der Waals surface area contributed by atoms with Gasteiger partial charge in [0.1, 0.15) is 5.75 Å². The second-order valence-corrected chi connectivity index (χ2v) is 6.55. The third-order valence-electron chi connectivity index (χ3n) is 3.00. The third-order valence-corrected chi connectivity index (χ3v) is 3.00. The minimum Gasteiger partial charge on any atom is -0.495 e. The molecule has 1 aromatic carbocycles. The predicted molar refractivity (Wildman–Crippen MR) is 88.1 cm³/mol. The van der Waals surface area contributed by atoms with Crippen LogP contribution in [-0.4, -0.2) is 25.5 Å². The number of nitrogens with one attached hydrogen (secondary N) is 2. The minimum absolute atomic E-state index is 0.0111. The fraction of sp³-hybridized carbons (Fsp3) is 0.529. The van der Waals surface area contributed by atoms with E-state index in [0.29, 0.717) is 30.8 Å². The van der Waals surface area contributed by atoms with Crippen LogP contribution in [-0.2, 0) is 16.0 Å². The third kappa shape index (κ3) is 6.61. The zero-order valence-electron chi connectivity index (χ0n) is 14.1. The highest BCUT2D eigenvalue weighted by atomic mass is 16.5. The topological polar surface area (TPSA) is 67.4 Å². The van der Waals surface area contributed by atoms with Crippen LogP contribution < -0.4 is 15.4 Å². The van der Waals surface area contributed by atoms with E-state index in [2.05, 4.69) is 10.6 Å². The van der Waals surface area contributed by atoms with Gasteiger partial charge in [-0.25, -0.2) is 0 Å². The number of rotatable bonds is 6. The number of anilines is 1. The van der Waals surface area contributed by atoms with Crippen molar-refractivity contribution in [1.29, 1.82) is 0 Å². The van der Waals surface area contributed by atoms with Gasteiger partial charge >= 0.3 is 0 Å². The maximum atomic E-state index is 11.8. The summed E-state index contributed by atoms with van der Waals surface area (Å²) in [6.07, 6.45) is 1.21. The van der Waals surface area contributed by atoms with Crippen LogP contribution >= 0.6 is 0 Å². The first-order valence-corrected chi connectivity index (χ1v) is 7.42. The number of methoxy groups -OCH3 is 1. The molecule has 2 amide bonds. The van der Waals surface area contributed by atoms with Gasteiger partial charge in [0.15, 0.2) is 0 Å². The molecule has 22 heavy (non-hydrogen) atoms. The summed E-state index contributed by atoms with van der Waals surface area (Å²) in [5, 5.41) is 5.66. The molecule has 122 valence electrons. The Balaban J connectivity index is 2.59. The molecule has 1 rings (SSSR count). The molecule has 0 atom stereocenters. The van der Waals surface area contributed by atoms with Gasteiger partial charge in [0.2, 0.25) is 11.8 Å². The van der Waals surface area contributed by atoms with Gasteiger partial charge in [-0.3, -0.25) is 9.59 Å². The monoisotopic (exact) mass is 306 g/mol. The largest absolute Gasteiger partial charge is 0.495 e. The molecule has 0 unspecified atom stereocenters. The zero-order valence-corrected chi connectivity index (χ0v) is 14.1. The lowest BCUT2D eigenvalue weighted by atomic mass is 9.92. The van der Waals surface area contributed by atoms with E-state index in [0.717, 1.165) is 5.56 Å². The summed E-state index contributed by atoms with van der Waals surface area (Å²) in [5.41, 5.74) is 1.66. The van der Waals surface area contributed by atoms with E-state index in [1.165, 1.54) is 6.92 Å². The summed E-state index contributed by atoms with van der Waals surface area (Å²) in [5.74, 6) is 0.535. The first kappa shape index (κ1) is 18.0. The van der Waals surface area contributed by atoms with Gasteiger partial charge in [-0.15, -0.1) is 0 Å². The second kappa shape index (κ2) is 7.82. The Morgan fingerprint density at radius 3 is 2.45 bits per heavy atom. The molecule has 0 aliphatic carbocycles. The van der Waals surface area contributed by atoms with Gasteiger partial charge in [-0.1, -0.05) is 26.8 Å². The van der Waals surface area contributed by atoms with Crippen LogP contribution in [0.25, 0.3) is 0 Å². The summed E-state index contributed by atoms with van der Waals surface area (Å²) in [4.78, 5) is 23.0. The van der Waals surface area contributed by atoms with Crippen LogP contribution in [0.3, 0.4) is 0 Å². The molecule has 0 spiro atoms. The standard InChI is InChI=1S/C17H26N2O3/c1-12(20)19-14-10-13(6-7-15(14)22-5)8-9-18-16(21)11-17(2,3)4/h6-7,10H,8-9,11H2,1-5H3,(H,18,21)(H,19,20). The first-order chi connectivity index (χ1) is 10.2. The van der Waals surface area contributed by atoms with Gasteiger partial charge in [0.05, 0.1) is 12.8 Å². The predicted octanol–water partition coefficient (Wildman–Crippen LogP) is 2.75. The summed E-state index contributed by atoms with van der Waals surface area (Å²) in [6, 6.07) is 5.62. The first-order valence-electron chi connectivity index (χ1n) is 7.42.